The number of nitrogen functional groups attached to an aromatic ring is 1. The van der Waals surface area contributed by atoms with Crippen molar-refractivity contribution in [1.29, 1.82) is 0 Å². The molecule has 3 aromatic rings. The average Bonchev–Trinajstić information content (AvgIpc) is 3.35. The van der Waals surface area contributed by atoms with Crippen molar-refractivity contribution in [3.05, 3.63) is 35.8 Å². The van der Waals surface area contributed by atoms with Gasteiger partial charge in [-0.05, 0) is 25.1 Å². The molecule has 1 aliphatic rings. The van der Waals surface area contributed by atoms with Gasteiger partial charge >= 0.3 is 6.18 Å². The Hall–Kier alpha value is -3.41. The van der Waals surface area contributed by atoms with Gasteiger partial charge in [0.05, 0.1) is 18.4 Å². The average molecular weight is 421 g/mol. The number of nitrogens with two attached hydrogens (primary N) is 1. The number of amides is 1. The molecular formula is C18H18F3N7O2. The quantitative estimate of drug-likeness (QED) is 0.584. The van der Waals surface area contributed by atoms with Crippen molar-refractivity contribution in [2.45, 2.75) is 18.6 Å². The maximum Gasteiger partial charge on any atom is 0.418 e. The predicted octanol–water partition coefficient (Wildman–Crippen LogP) is 1.49. The second-order valence-corrected chi connectivity index (χ2v) is 6.79. The monoisotopic (exact) mass is 421 g/mol. The van der Waals surface area contributed by atoms with Crippen LogP contribution in [0.15, 0.2) is 24.7 Å². The number of carbonyl (C=O) groups is 1. The van der Waals surface area contributed by atoms with Gasteiger partial charge in [0, 0.05) is 24.3 Å². The summed E-state index contributed by atoms with van der Waals surface area (Å²) in [5.41, 5.74) is 4.76. The van der Waals surface area contributed by atoms with Gasteiger partial charge in [0.2, 0.25) is 5.88 Å². The number of hydrogen-bond donors (Lipinski definition) is 3. The van der Waals surface area contributed by atoms with E-state index < -0.39 is 17.6 Å². The van der Waals surface area contributed by atoms with Gasteiger partial charge in [0.1, 0.15) is 17.4 Å². The molecule has 1 atom stereocenters. The minimum Gasteiger partial charge on any atom is -0.480 e. The van der Waals surface area contributed by atoms with E-state index in [1.807, 2.05) is 0 Å². The van der Waals surface area contributed by atoms with Crippen molar-refractivity contribution < 1.29 is 22.7 Å². The standard InChI is InChI=1S/C18H18F3N7O2/c1-30-17-11(16(29)27-10-2-3-23-7-10)4-9(6-24-17)13-5-12(18(19,20)21)14-15(22)25-8-26-28(13)14/h4-6,8,10,23H,2-3,7H2,1H3,(H,27,29)(H2,22,25,26). The number of halogens is 3. The molecule has 0 aliphatic carbocycles. The fourth-order valence-corrected chi connectivity index (χ4v) is 3.45. The Morgan fingerprint density at radius 1 is 1.37 bits per heavy atom. The van der Waals surface area contributed by atoms with E-state index in [1.165, 1.54) is 19.4 Å². The molecule has 0 spiro atoms. The molecule has 30 heavy (non-hydrogen) atoms. The normalized spacial score (nSPS) is 16.7. The first kappa shape index (κ1) is 19.9. The van der Waals surface area contributed by atoms with Gasteiger partial charge in [-0.1, -0.05) is 0 Å². The number of anilines is 1. The molecule has 0 bridgehead atoms. The van der Waals surface area contributed by atoms with Crippen LogP contribution in [0.3, 0.4) is 0 Å². The molecule has 3 aromatic heterocycles. The fourth-order valence-electron chi connectivity index (χ4n) is 3.45. The lowest BCUT2D eigenvalue weighted by molar-refractivity contribution is -0.136. The maximum atomic E-state index is 13.6. The summed E-state index contributed by atoms with van der Waals surface area (Å²) < 4.78 is 46.9. The van der Waals surface area contributed by atoms with Crippen LogP contribution in [0.2, 0.25) is 0 Å². The molecule has 4 heterocycles. The first-order valence-electron chi connectivity index (χ1n) is 9.05. The lowest BCUT2D eigenvalue weighted by Crippen LogP contribution is -2.36. The van der Waals surface area contributed by atoms with Crippen LogP contribution in [0.25, 0.3) is 16.8 Å². The third-order valence-electron chi connectivity index (χ3n) is 4.87. The molecule has 158 valence electrons. The smallest absolute Gasteiger partial charge is 0.418 e. The summed E-state index contributed by atoms with van der Waals surface area (Å²) in [4.78, 5) is 20.5. The molecular weight excluding hydrogens is 403 g/mol. The molecule has 4 rings (SSSR count). The Kier molecular flexibility index (Phi) is 4.94. The molecule has 1 amide bonds. The van der Waals surface area contributed by atoms with Crippen LogP contribution in [-0.2, 0) is 6.18 Å². The highest BCUT2D eigenvalue weighted by Gasteiger charge is 2.36. The van der Waals surface area contributed by atoms with Gasteiger partial charge in [-0.2, -0.15) is 18.3 Å². The number of nitrogens with one attached hydrogen (secondary N) is 2. The Bertz CT molecular complexity index is 1110. The predicted molar refractivity (Wildman–Crippen MR) is 101 cm³/mol. The molecule has 4 N–H and O–H groups in total. The van der Waals surface area contributed by atoms with Crippen molar-refractivity contribution in [3.63, 3.8) is 0 Å². The first-order chi connectivity index (χ1) is 14.3. The summed E-state index contributed by atoms with van der Waals surface area (Å²) in [6.07, 6.45) is -1.52. The SMILES string of the molecule is COc1ncc(-c2cc(C(F)(F)F)c3c(N)ncnn23)cc1C(=O)NC1CCNC1. The zero-order valence-electron chi connectivity index (χ0n) is 15.8. The summed E-state index contributed by atoms with van der Waals surface area (Å²) in [7, 11) is 1.36. The van der Waals surface area contributed by atoms with Gasteiger partial charge in [0.15, 0.2) is 5.82 Å². The van der Waals surface area contributed by atoms with Crippen molar-refractivity contribution in [2.24, 2.45) is 0 Å². The number of rotatable bonds is 4. The van der Waals surface area contributed by atoms with Crippen LogP contribution in [0.4, 0.5) is 19.0 Å². The molecule has 12 heteroatoms. The third-order valence-corrected chi connectivity index (χ3v) is 4.87. The highest BCUT2D eigenvalue weighted by Crippen LogP contribution is 2.38. The summed E-state index contributed by atoms with van der Waals surface area (Å²) in [6, 6.07) is 2.28. The van der Waals surface area contributed by atoms with Gasteiger partial charge < -0.3 is 21.1 Å². The molecule has 0 radical (unpaired) electrons. The van der Waals surface area contributed by atoms with E-state index in [1.54, 1.807) is 0 Å². The first-order valence-corrected chi connectivity index (χ1v) is 9.05. The lowest BCUT2D eigenvalue weighted by Gasteiger charge is -2.14. The van der Waals surface area contributed by atoms with Crippen LogP contribution >= 0.6 is 0 Å². The number of carbonyl (C=O) groups excluding carboxylic acids is 1. The minimum absolute atomic E-state index is 0.0515. The number of nitrogens with zero attached hydrogens (tertiary/aromatic N) is 4. The molecule has 0 saturated carbocycles. The summed E-state index contributed by atoms with van der Waals surface area (Å²) in [6.45, 7) is 1.42. The third kappa shape index (κ3) is 3.49. The lowest BCUT2D eigenvalue weighted by atomic mass is 10.1. The Labute approximate surface area is 168 Å². The van der Waals surface area contributed by atoms with Crippen LogP contribution in [0, 0.1) is 0 Å². The highest BCUT2D eigenvalue weighted by molar-refractivity contribution is 5.97. The van der Waals surface area contributed by atoms with E-state index >= 15 is 0 Å². The van der Waals surface area contributed by atoms with Gasteiger partial charge in [-0.15, -0.1) is 0 Å². The molecule has 1 saturated heterocycles. The zero-order chi connectivity index (χ0) is 21.5. The second-order valence-electron chi connectivity index (χ2n) is 6.79. The van der Waals surface area contributed by atoms with Gasteiger partial charge in [-0.3, -0.25) is 4.79 Å². The fraction of sp³-hybridized carbons (Fsp3) is 0.333. The number of pyridine rings is 1. The van der Waals surface area contributed by atoms with Crippen molar-refractivity contribution in [2.75, 3.05) is 25.9 Å². The molecule has 9 nitrogen and oxygen atoms in total. The molecule has 1 unspecified atom stereocenters. The Morgan fingerprint density at radius 3 is 2.83 bits per heavy atom. The number of alkyl halides is 3. The maximum absolute atomic E-state index is 13.6. The van der Waals surface area contributed by atoms with E-state index in [0.29, 0.717) is 6.54 Å². The number of methoxy groups -OCH3 is 1. The molecule has 1 fully saturated rings. The second kappa shape index (κ2) is 7.44. The topological polar surface area (TPSA) is 119 Å². The van der Waals surface area contributed by atoms with Crippen LogP contribution < -0.4 is 21.1 Å². The van der Waals surface area contributed by atoms with Crippen molar-refractivity contribution in [1.82, 2.24) is 30.2 Å². The number of fused-ring (bicyclic) bond motifs is 1. The van der Waals surface area contributed by atoms with Crippen LogP contribution in [0.1, 0.15) is 22.3 Å². The van der Waals surface area contributed by atoms with E-state index in [-0.39, 0.29) is 40.1 Å². The Morgan fingerprint density at radius 2 is 2.17 bits per heavy atom. The van der Waals surface area contributed by atoms with Gasteiger partial charge in [0.25, 0.3) is 5.91 Å². The van der Waals surface area contributed by atoms with E-state index in [0.717, 1.165) is 29.9 Å². The van der Waals surface area contributed by atoms with Crippen molar-refractivity contribution in [3.8, 4) is 17.1 Å². The highest BCUT2D eigenvalue weighted by atomic mass is 19.4. The van der Waals surface area contributed by atoms with Crippen LogP contribution in [0.5, 0.6) is 5.88 Å². The van der Waals surface area contributed by atoms with Crippen molar-refractivity contribution >= 4 is 17.2 Å². The minimum atomic E-state index is -4.67. The van der Waals surface area contributed by atoms with E-state index in [2.05, 4.69) is 25.7 Å². The number of hydrogen-bond acceptors (Lipinski definition) is 7. The number of ether oxygens (including phenoxy) is 1. The van der Waals surface area contributed by atoms with E-state index in [4.69, 9.17) is 10.5 Å². The Balaban J connectivity index is 1.82. The van der Waals surface area contributed by atoms with Crippen LogP contribution in [-0.4, -0.2) is 51.7 Å². The van der Waals surface area contributed by atoms with Gasteiger partial charge in [-0.25, -0.2) is 14.5 Å². The largest absolute Gasteiger partial charge is 0.480 e. The molecule has 1 aliphatic heterocycles. The zero-order valence-corrected chi connectivity index (χ0v) is 15.8. The summed E-state index contributed by atoms with van der Waals surface area (Å²) in [5, 5.41) is 9.92. The summed E-state index contributed by atoms with van der Waals surface area (Å²) in [5.74, 6) is -0.675. The van der Waals surface area contributed by atoms with E-state index in [9.17, 15) is 18.0 Å². The number of aromatic nitrogens is 4. The summed E-state index contributed by atoms with van der Waals surface area (Å²) >= 11 is 0. The molecule has 0 aromatic carbocycles.